The third kappa shape index (κ3) is 2.10. The van der Waals surface area contributed by atoms with Gasteiger partial charge in [0, 0.05) is 6.04 Å². The number of nitrogens with one attached hydrogen (secondary N) is 1. The lowest BCUT2D eigenvalue weighted by atomic mass is 9.98. The molecule has 1 aromatic carbocycles. The minimum Gasteiger partial charge on any atom is -0.310 e. The fourth-order valence-electron chi connectivity index (χ4n) is 1.34. The fourth-order valence-corrected chi connectivity index (χ4v) is 1.78. The first-order valence-corrected chi connectivity index (χ1v) is 4.72. The Balaban J connectivity index is 0.000000845. The molecule has 0 aromatic heterocycles. The monoisotopic (exact) mass is 237 g/mol. The first-order chi connectivity index (χ1) is 5.79. The molecule has 0 bridgehead atoms. The molecular weight excluding hydrogens is 228 g/mol. The molecule has 0 radical (unpaired) electrons. The van der Waals surface area contributed by atoms with Crippen LogP contribution < -0.4 is 5.32 Å². The second kappa shape index (κ2) is 4.52. The molecule has 1 nitrogen and oxygen atoms in total. The van der Waals surface area contributed by atoms with E-state index >= 15 is 0 Å². The van der Waals surface area contributed by atoms with Crippen molar-refractivity contribution in [3.63, 3.8) is 0 Å². The third-order valence-corrected chi connectivity index (χ3v) is 3.01. The summed E-state index contributed by atoms with van der Waals surface area (Å²) in [6.07, 6.45) is 1.15. The zero-order valence-corrected chi connectivity index (χ0v) is 9.22. The lowest BCUT2D eigenvalue weighted by Gasteiger charge is -2.28. The molecule has 1 heterocycles. The Bertz CT molecular complexity index is 297. The van der Waals surface area contributed by atoms with E-state index in [4.69, 9.17) is 23.2 Å². The smallest absolute Gasteiger partial charge is 0.0640 e. The van der Waals surface area contributed by atoms with Gasteiger partial charge >= 0.3 is 0 Å². The largest absolute Gasteiger partial charge is 0.310 e. The maximum Gasteiger partial charge on any atom is 0.0640 e. The highest BCUT2D eigenvalue weighted by atomic mass is 35.5. The fraction of sp³-hybridized carbons (Fsp3) is 0.333. The molecule has 13 heavy (non-hydrogen) atoms. The summed E-state index contributed by atoms with van der Waals surface area (Å²) in [4.78, 5) is 0. The molecular formula is C9H10Cl3N. The van der Waals surface area contributed by atoms with Crippen LogP contribution >= 0.6 is 35.6 Å². The van der Waals surface area contributed by atoms with Crippen LogP contribution in [0.4, 0.5) is 0 Å². The van der Waals surface area contributed by atoms with Crippen LogP contribution in [0.1, 0.15) is 18.0 Å². The van der Waals surface area contributed by atoms with Gasteiger partial charge in [0.2, 0.25) is 0 Å². The average molecular weight is 239 g/mol. The Hall–Kier alpha value is 0.0500. The van der Waals surface area contributed by atoms with Gasteiger partial charge in [-0.05, 0) is 24.6 Å². The predicted molar refractivity (Wildman–Crippen MR) is 59.1 cm³/mol. The van der Waals surface area contributed by atoms with Crippen molar-refractivity contribution in [3.8, 4) is 0 Å². The molecule has 0 saturated carbocycles. The van der Waals surface area contributed by atoms with E-state index in [0.29, 0.717) is 16.1 Å². The van der Waals surface area contributed by atoms with E-state index in [-0.39, 0.29) is 12.4 Å². The van der Waals surface area contributed by atoms with E-state index in [9.17, 15) is 0 Å². The highest BCUT2D eigenvalue weighted by Crippen LogP contribution is 2.33. The number of hydrogen-bond acceptors (Lipinski definition) is 1. The lowest BCUT2D eigenvalue weighted by molar-refractivity contribution is 0.383. The molecule has 0 aliphatic carbocycles. The van der Waals surface area contributed by atoms with Crippen LogP contribution in [0.2, 0.25) is 10.0 Å². The van der Waals surface area contributed by atoms with Gasteiger partial charge in [-0.25, -0.2) is 0 Å². The summed E-state index contributed by atoms with van der Waals surface area (Å²) < 4.78 is 0. The molecule has 0 amide bonds. The SMILES string of the molecule is Cl.Clc1cccc([C@H]2CCN2)c1Cl. The molecule has 2 rings (SSSR count). The van der Waals surface area contributed by atoms with Crippen molar-refractivity contribution in [2.45, 2.75) is 12.5 Å². The Labute approximate surface area is 93.8 Å². The van der Waals surface area contributed by atoms with Gasteiger partial charge in [-0.3, -0.25) is 0 Å². The Morgan fingerprint density at radius 2 is 2.00 bits per heavy atom. The van der Waals surface area contributed by atoms with E-state index in [2.05, 4.69) is 5.32 Å². The predicted octanol–water partition coefficient (Wildman–Crippen LogP) is 3.45. The summed E-state index contributed by atoms with van der Waals surface area (Å²) in [6.45, 7) is 1.08. The Kier molecular flexibility index (Phi) is 3.87. The Morgan fingerprint density at radius 1 is 1.31 bits per heavy atom. The minimum atomic E-state index is 0. The molecule has 1 saturated heterocycles. The zero-order valence-electron chi connectivity index (χ0n) is 6.89. The maximum absolute atomic E-state index is 6.03. The van der Waals surface area contributed by atoms with Crippen LogP contribution in [-0.2, 0) is 0 Å². The first-order valence-electron chi connectivity index (χ1n) is 3.96. The van der Waals surface area contributed by atoms with Gasteiger partial charge < -0.3 is 5.32 Å². The van der Waals surface area contributed by atoms with Gasteiger partial charge in [0.25, 0.3) is 0 Å². The Morgan fingerprint density at radius 3 is 2.54 bits per heavy atom. The van der Waals surface area contributed by atoms with Crippen molar-refractivity contribution in [2.24, 2.45) is 0 Å². The highest BCUT2D eigenvalue weighted by molar-refractivity contribution is 6.42. The summed E-state index contributed by atoms with van der Waals surface area (Å²) in [5.41, 5.74) is 1.12. The van der Waals surface area contributed by atoms with Crippen LogP contribution in [-0.4, -0.2) is 6.54 Å². The van der Waals surface area contributed by atoms with Crippen LogP contribution in [0.15, 0.2) is 18.2 Å². The lowest BCUT2D eigenvalue weighted by Crippen LogP contribution is -2.35. The summed E-state index contributed by atoms with van der Waals surface area (Å²) in [5.74, 6) is 0. The van der Waals surface area contributed by atoms with Crippen LogP contribution in [0.5, 0.6) is 0 Å². The second-order valence-electron chi connectivity index (χ2n) is 2.94. The standard InChI is InChI=1S/C9H9Cl2N.ClH/c10-7-3-1-2-6(9(7)11)8-4-5-12-8;/h1-3,8,12H,4-5H2;1H/t8-;/m1./s1. The molecule has 72 valence electrons. The average Bonchev–Trinajstić information content (AvgIpc) is 1.95. The van der Waals surface area contributed by atoms with Gasteiger partial charge in [0.15, 0.2) is 0 Å². The zero-order chi connectivity index (χ0) is 8.55. The number of halogens is 3. The van der Waals surface area contributed by atoms with Crippen LogP contribution in [0.3, 0.4) is 0 Å². The van der Waals surface area contributed by atoms with Gasteiger partial charge in [-0.1, -0.05) is 35.3 Å². The molecule has 0 spiro atoms. The molecule has 1 atom stereocenters. The van der Waals surface area contributed by atoms with Crippen molar-refractivity contribution in [2.75, 3.05) is 6.54 Å². The molecule has 1 aromatic rings. The molecule has 1 N–H and O–H groups in total. The van der Waals surface area contributed by atoms with Crippen molar-refractivity contribution >= 4 is 35.6 Å². The van der Waals surface area contributed by atoms with Crippen molar-refractivity contribution in [1.29, 1.82) is 0 Å². The topological polar surface area (TPSA) is 12.0 Å². The molecule has 0 unspecified atom stereocenters. The van der Waals surface area contributed by atoms with E-state index in [0.717, 1.165) is 18.5 Å². The molecule has 1 aliphatic heterocycles. The first kappa shape index (κ1) is 11.1. The highest BCUT2D eigenvalue weighted by Gasteiger charge is 2.21. The summed E-state index contributed by atoms with van der Waals surface area (Å²) >= 11 is 11.9. The van der Waals surface area contributed by atoms with Crippen LogP contribution in [0, 0.1) is 0 Å². The normalized spacial score (nSPS) is 20.3. The number of rotatable bonds is 1. The molecule has 1 fully saturated rings. The van der Waals surface area contributed by atoms with E-state index in [1.165, 1.54) is 0 Å². The van der Waals surface area contributed by atoms with Gasteiger partial charge in [0.05, 0.1) is 10.0 Å². The van der Waals surface area contributed by atoms with Gasteiger partial charge in [-0.2, -0.15) is 0 Å². The third-order valence-electron chi connectivity index (χ3n) is 2.18. The molecule has 1 aliphatic rings. The van der Waals surface area contributed by atoms with E-state index in [1.807, 2.05) is 18.2 Å². The van der Waals surface area contributed by atoms with Crippen LogP contribution in [0.25, 0.3) is 0 Å². The molecule has 4 heteroatoms. The quantitative estimate of drug-likeness (QED) is 0.790. The van der Waals surface area contributed by atoms with Crippen molar-refractivity contribution in [1.82, 2.24) is 5.32 Å². The van der Waals surface area contributed by atoms with E-state index < -0.39 is 0 Å². The van der Waals surface area contributed by atoms with E-state index in [1.54, 1.807) is 0 Å². The van der Waals surface area contributed by atoms with Gasteiger partial charge in [0.1, 0.15) is 0 Å². The number of hydrogen-bond donors (Lipinski definition) is 1. The summed E-state index contributed by atoms with van der Waals surface area (Å²) in [6, 6.07) is 6.18. The number of benzene rings is 1. The summed E-state index contributed by atoms with van der Waals surface area (Å²) in [5, 5.41) is 4.62. The summed E-state index contributed by atoms with van der Waals surface area (Å²) in [7, 11) is 0. The van der Waals surface area contributed by atoms with Gasteiger partial charge in [-0.15, -0.1) is 12.4 Å². The van der Waals surface area contributed by atoms with Crippen molar-refractivity contribution in [3.05, 3.63) is 33.8 Å². The minimum absolute atomic E-state index is 0. The van der Waals surface area contributed by atoms with Crippen molar-refractivity contribution < 1.29 is 0 Å². The second-order valence-corrected chi connectivity index (χ2v) is 3.72. The maximum atomic E-state index is 6.03.